The third-order valence-electron chi connectivity index (χ3n) is 2.64. The Hall–Kier alpha value is -1.59. The van der Waals surface area contributed by atoms with E-state index < -0.39 is 5.60 Å². The molecule has 2 rings (SSSR count). The number of nitrogens with zero attached hydrogens (tertiary/aromatic N) is 2. The number of nitrogens with two attached hydrogens (primary N) is 1. The van der Waals surface area contributed by atoms with E-state index in [1.54, 1.807) is 18.2 Å². The first-order valence-electron chi connectivity index (χ1n) is 5.97. The Bertz CT molecular complexity index is 561. The molecule has 5 nitrogen and oxygen atoms in total. The SMILES string of the molecule is CCOC(C)(C)c1noc(-c2cc(N)cc(Cl)c2)n1. The number of halogens is 1. The minimum Gasteiger partial charge on any atom is -0.399 e. The number of ether oxygens (including phenoxy) is 1. The molecule has 2 N–H and O–H groups in total. The zero-order valence-electron chi connectivity index (χ0n) is 11.1. The summed E-state index contributed by atoms with van der Waals surface area (Å²) in [7, 11) is 0. The third kappa shape index (κ3) is 3.05. The van der Waals surface area contributed by atoms with Crippen LogP contribution in [0.1, 0.15) is 26.6 Å². The van der Waals surface area contributed by atoms with E-state index in [9.17, 15) is 0 Å². The summed E-state index contributed by atoms with van der Waals surface area (Å²) in [6.07, 6.45) is 0. The van der Waals surface area contributed by atoms with Crippen molar-refractivity contribution in [3.63, 3.8) is 0 Å². The maximum atomic E-state index is 5.95. The summed E-state index contributed by atoms with van der Waals surface area (Å²) >= 11 is 5.95. The summed E-state index contributed by atoms with van der Waals surface area (Å²) in [6, 6.07) is 5.12. The molecule has 0 aliphatic carbocycles. The molecule has 0 aliphatic rings. The fourth-order valence-electron chi connectivity index (χ4n) is 1.75. The first kappa shape index (κ1) is 13.8. The van der Waals surface area contributed by atoms with Crippen LogP contribution >= 0.6 is 11.6 Å². The smallest absolute Gasteiger partial charge is 0.258 e. The predicted molar refractivity (Wildman–Crippen MR) is 73.8 cm³/mol. The molecule has 6 heteroatoms. The summed E-state index contributed by atoms with van der Waals surface area (Å²) in [5, 5.41) is 4.47. The van der Waals surface area contributed by atoms with E-state index in [1.807, 2.05) is 20.8 Å². The number of aromatic nitrogens is 2. The van der Waals surface area contributed by atoms with Gasteiger partial charge in [-0.2, -0.15) is 4.98 Å². The number of hydrogen-bond donors (Lipinski definition) is 1. The second kappa shape index (κ2) is 5.19. The Balaban J connectivity index is 2.35. The number of rotatable bonds is 4. The van der Waals surface area contributed by atoms with E-state index in [0.29, 0.717) is 34.6 Å². The van der Waals surface area contributed by atoms with E-state index in [1.165, 1.54) is 0 Å². The summed E-state index contributed by atoms with van der Waals surface area (Å²) in [4.78, 5) is 4.34. The summed E-state index contributed by atoms with van der Waals surface area (Å²) in [5.74, 6) is 0.861. The van der Waals surface area contributed by atoms with Crippen LogP contribution < -0.4 is 5.73 Å². The maximum absolute atomic E-state index is 5.95. The van der Waals surface area contributed by atoms with Crippen LogP contribution in [0.2, 0.25) is 5.02 Å². The second-order valence-electron chi connectivity index (χ2n) is 4.64. The van der Waals surface area contributed by atoms with Gasteiger partial charge < -0.3 is 15.0 Å². The molecule has 19 heavy (non-hydrogen) atoms. The molecule has 2 aromatic rings. The number of nitrogen functional groups attached to an aromatic ring is 1. The molecule has 1 aromatic heterocycles. The number of hydrogen-bond acceptors (Lipinski definition) is 5. The lowest BCUT2D eigenvalue weighted by Gasteiger charge is -2.19. The van der Waals surface area contributed by atoms with Gasteiger partial charge in [-0.05, 0) is 39.0 Å². The van der Waals surface area contributed by atoms with Gasteiger partial charge in [-0.1, -0.05) is 16.8 Å². The van der Waals surface area contributed by atoms with Crippen LogP contribution in [-0.2, 0) is 10.3 Å². The van der Waals surface area contributed by atoms with Gasteiger partial charge in [0.15, 0.2) is 0 Å². The molecular weight excluding hydrogens is 266 g/mol. The minimum atomic E-state index is -0.597. The van der Waals surface area contributed by atoms with Crippen molar-refractivity contribution in [3.05, 3.63) is 29.0 Å². The van der Waals surface area contributed by atoms with Crippen LogP contribution in [0.4, 0.5) is 5.69 Å². The second-order valence-corrected chi connectivity index (χ2v) is 5.08. The molecule has 0 aliphatic heterocycles. The summed E-state index contributed by atoms with van der Waals surface area (Å²) in [6.45, 7) is 6.26. The summed E-state index contributed by atoms with van der Waals surface area (Å²) in [5.41, 5.74) is 6.38. The highest BCUT2D eigenvalue weighted by atomic mass is 35.5. The highest BCUT2D eigenvalue weighted by Crippen LogP contribution is 2.28. The number of benzene rings is 1. The molecule has 0 amide bonds. The molecule has 0 bridgehead atoms. The molecule has 0 spiro atoms. The molecule has 102 valence electrons. The Kier molecular flexibility index (Phi) is 3.78. The highest BCUT2D eigenvalue weighted by Gasteiger charge is 2.27. The average Bonchev–Trinajstić information content (AvgIpc) is 2.77. The molecule has 0 saturated carbocycles. The maximum Gasteiger partial charge on any atom is 0.258 e. The van der Waals surface area contributed by atoms with Gasteiger partial charge >= 0.3 is 0 Å². The van der Waals surface area contributed by atoms with Gasteiger partial charge in [0.25, 0.3) is 5.89 Å². The molecule has 1 aromatic carbocycles. The van der Waals surface area contributed by atoms with Gasteiger partial charge in [0.1, 0.15) is 5.60 Å². The van der Waals surface area contributed by atoms with Crippen LogP contribution in [0, 0.1) is 0 Å². The van der Waals surface area contributed by atoms with Gasteiger partial charge in [0.2, 0.25) is 5.82 Å². The zero-order chi connectivity index (χ0) is 14.0. The highest BCUT2D eigenvalue weighted by molar-refractivity contribution is 6.31. The van der Waals surface area contributed by atoms with E-state index in [2.05, 4.69) is 10.1 Å². The topological polar surface area (TPSA) is 74.2 Å². The predicted octanol–water partition coefficient (Wildman–Crippen LogP) is 3.24. The Morgan fingerprint density at radius 2 is 2.11 bits per heavy atom. The van der Waals surface area contributed by atoms with Crippen LogP contribution in [0.15, 0.2) is 22.7 Å². The fourth-order valence-corrected chi connectivity index (χ4v) is 1.99. The van der Waals surface area contributed by atoms with Crippen LogP contribution in [-0.4, -0.2) is 16.7 Å². The fraction of sp³-hybridized carbons (Fsp3) is 0.385. The lowest BCUT2D eigenvalue weighted by Crippen LogP contribution is -2.23. The molecule has 0 atom stereocenters. The van der Waals surface area contributed by atoms with Gasteiger partial charge in [-0.15, -0.1) is 0 Å². The lowest BCUT2D eigenvalue weighted by molar-refractivity contribution is -0.0221. The van der Waals surface area contributed by atoms with Gasteiger partial charge in [-0.25, -0.2) is 0 Å². The average molecular weight is 282 g/mol. The van der Waals surface area contributed by atoms with E-state index in [-0.39, 0.29) is 0 Å². The Labute approximate surface area is 116 Å². The lowest BCUT2D eigenvalue weighted by atomic mass is 10.1. The Morgan fingerprint density at radius 3 is 2.74 bits per heavy atom. The van der Waals surface area contributed by atoms with Gasteiger partial charge in [-0.3, -0.25) is 0 Å². The van der Waals surface area contributed by atoms with Crippen molar-refractivity contribution in [1.29, 1.82) is 0 Å². The van der Waals surface area contributed by atoms with E-state index in [0.717, 1.165) is 0 Å². The standard InChI is InChI=1S/C13H16ClN3O2/c1-4-18-13(2,3)12-16-11(19-17-12)8-5-9(14)7-10(15)6-8/h5-7H,4,15H2,1-3H3. The minimum absolute atomic E-state index is 0.372. The van der Waals surface area contributed by atoms with Crippen molar-refractivity contribution in [2.75, 3.05) is 12.3 Å². The number of anilines is 1. The third-order valence-corrected chi connectivity index (χ3v) is 2.85. The molecule has 0 saturated heterocycles. The molecule has 0 unspecified atom stereocenters. The largest absolute Gasteiger partial charge is 0.399 e. The quantitative estimate of drug-likeness (QED) is 0.871. The van der Waals surface area contributed by atoms with Crippen molar-refractivity contribution >= 4 is 17.3 Å². The van der Waals surface area contributed by atoms with Gasteiger partial charge in [0, 0.05) is 22.9 Å². The Morgan fingerprint density at radius 1 is 1.37 bits per heavy atom. The van der Waals surface area contributed by atoms with E-state index in [4.69, 9.17) is 26.6 Å². The van der Waals surface area contributed by atoms with E-state index >= 15 is 0 Å². The van der Waals surface area contributed by atoms with Crippen LogP contribution in [0.3, 0.4) is 0 Å². The first-order chi connectivity index (χ1) is 8.92. The van der Waals surface area contributed by atoms with Crippen LogP contribution in [0.25, 0.3) is 11.5 Å². The summed E-state index contributed by atoms with van der Waals surface area (Å²) < 4.78 is 10.8. The molecule has 0 fully saturated rings. The molecular formula is C13H16ClN3O2. The monoisotopic (exact) mass is 281 g/mol. The zero-order valence-corrected chi connectivity index (χ0v) is 11.9. The normalized spacial score (nSPS) is 11.8. The molecule has 0 radical (unpaired) electrons. The van der Waals surface area contributed by atoms with Gasteiger partial charge in [0.05, 0.1) is 0 Å². The van der Waals surface area contributed by atoms with Crippen molar-refractivity contribution in [1.82, 2.24) is 10.1 Å². The van der Waals surface area contributed by atoms with Crippen molar-refractivity contribution in [2.45, 2.75) is 26.4 Å². The van der Waals surface area contributed by atoms with Crippen molar-refractivity contribution < 1.29 is 9.26 Å². The van der Waals surface area contributed by atoms with Crippen molar-refractivity contribution in [2.24, 2.45) is 0 Å². The molecule has 1 heterocycles. The van der Waals surface area contributed by atoms with Crippen LogP contribution in [0.5, 0.6) is 0 Å². The first-order valence-corrected chi connectivity index (χ1v) is 6.35. The van der Waals surface area contributed by atoms with Crippen molar-refractivity contribution in [3.8, 4) is 11.5 Å².